The van der Waals surface area contributed by atoms with Gasteiger partial charge in [0.1, 0.15) is 14.7 Å². The summed E-state index contributed by atoms with van der Waals surface area (Å²) in [5, 5.41) is 4.43. The van der Waals surface area contributed by atoms with Crippen molar-refractivity contribution in [2.24, 2.45) is 17.3 Å². The van der Waals surface area contributed by atoms with E-state index in [-0.39, 0.29) is 17.3 Å². The van der Waals surface area contributed by atoms with Crippen LogP contribution >= 0.6 is 22.7 Å². The summed E-state index contributed by atoms with van der Waals surface area (Å²) in [6, 6.07) is 2.15. The van der Waals surface area contributed by atoms with Gasteiger partial charge in [0.25, 0.3) is 5.91 Å². The van der Waals surface area contributed by atoms with Gasteiger partial charge in [-0.05, 0) is 79.9 Å². The molecule has 5 rings (SSSR count). The Morgan fingerprint density at radius 2 is 1.97 bits per heavy atom. The molecule has 3 heterocycles. The second kappa shape index (κ2) is 9.45. The molecule has 0 saturated carbocycles. The molecule has 3 aromatic rings. The maximum atomic E-state index is 13.5. The van der Waals surface area contributed by atoms with Gasteiger partial charge in [-0.1, -0.05) is 27.7 Å². The molecule has 0 aliphatic heterocycles. The third-order valence-electron chi connectivity index (χ3n) is 7.73. The van der Waals surface area contributed by atoms with Crippen LogP contribution in [0.5, 0.6) is 0 Å². The highest BCUT2D eigenvalue weighted by atomic mass is 32.1. The minimum Gasteiger partial charge on any atom is -0.462 e. The van der Waals surface area contributed by atoms with Crippen LogP contribution in [0.25, 0.3) is 10.2 Å². The number of amides is 1. The molecule has 2 atom stereocenters. The lowest BCUT2D eigenvalue weighted by molar-refractivity contribution is 0.0526. The van der Waals surface area contributed by atoms with Gasteiger partial charge in [-0.3, -0.25) is 4.79 Å². The van der Waals surface area contributed by atoms with E-state index in [1.807, 2.05) is 0 Å². The maximum Gasteiger partial charge on any atom is 0.341 e. The predicted molar refractivity (Wildman–Crippen MR) is 148 cm³/mol. The first kappa shape index (κ1) is 25.2. The average Bonchev–Trinajstić information content (AvgIpc) is 3.33. The fourth-order valence-electron chi connectivity index (χ4n) is 5.52. The zero-order valence-corrected chi connectivity index (χ0v) is 23.4. The molecule has 0 spiro atoms. The summed E-state index contributed by atoms with van der Waals surface area (Å²) in [5.74, 6) is 0.494. The van der Waals surface area contributed by atoms with Crippen molar-refractivity contribution in [1.82, 2.24) is 4.98 Å². The number of aromatic nitrogens is 1. The molecular formula is C28H35N3O3S2. The normalized spacial score (nSPS) is 19.6. The van der Waals surface area contributed by atoms with Crippen molar-refractivity contribution >= 4 is 55.5 Å². The monoisotopic (exact) mass is 525 g/mol. The van der Waals surface area contributed by atoms with E-state index in [1.54, 1.807) is 6.92 Å². The number of ether oxygens (including phenoxy) is 1. The summed E-state index contributed by atoms with van der Waals surface area (Å²) in [6.45, 7) is 11.2. The van der Waals surface area contributed by atoms with Gasteiger partial charge in [0.2, 0.25) is 0 Å². The van der Waals surface area contributed by atoms with Crippen molar-refractivity contribution in [2.45, 2.75) is 73.1 Å². The van der Waals surface area contributed by atoms with E-state index >= 15 is 0 Å². The van der Waals surface area contributed by atoms with Gasteiger partial charge in [0.05, 0.1) is 17.9 Å². The van der Waals surface area contributed by atoms with Crippen molar-refractivity contribution in [3.63, 3.8) is 0 Å². The molecule has 8 heteroatoms. The number of pyridine rings is 1. The number of hydrogen-bond acceptors (Lipinski definition) is 7. The van der Waals surface area contributed by atoms with Gasteiger partial charge in [-0.15, -0.1) is 22.7 Å². The summed E-state index contributed by atoms with van der Waals surface area (Å²) in [5.41, 5.74) is 11.1. The maximum absolute atomic E-state index is 13.5. The Balaban J connectivity index is 1.47. The molecule has 0 saturated heterocycles. The third kappa shape index (κ3) is 4.54. The minimum absolute atomic E-state index is 0.242. The molecule has 2 aliphatic rings. The largest absolute Gasteiger partial charge is 0.462 e. The third-order valence-corrected chi connectivity index (χ3v) is 10.0. The Labute approximate surface area is 220 Å². The zero-order chi connectivity index (χ0) is 25.8. The zero-order valence-electron chi connectivity index (χ0n) is 21.7. The Bertz CT molecular complexity index is 1350. The Kier molecular flexibility index (Phi) is 6.62. The van der Waals surface area contributed by atoms with Crippen LogP contribution in [-0.4, -0.2) is 23.5 Å². The van der Waals surface area contributed by atoms with Crippen LogP contribution in [0.15, 0.2) is 6.07 Å². The van der Waals surface area contributed by atoms with Crippen LogP contribution in [0, 0.1) is 17.3 Å². The van der Waals surface area contributed by atoms with E-state index in [0.717, 1.165) is 60.0 Å². The summed E-state index contributed by atoms with van der Waals surface area (Å²) >= 11 is 2.82. The van der Waals surface area contributed by atoms with E-state index in [2.05, 4.69) is 39.1 Å². The van der Waals surface area contributed by atoms with Crippen molar-refractivity contribution in [3.8, 4) is 0 Å². The first-order valence-electron chi connectivity index (χ1n) is 12.9. The van der Waals surface area contributed by atoms with Crippen LogP contribution in [0.4, 0.5) is 10.7 Å². The molecule has 3 aromatic heterocycles. The summed E-state index contributed by atoms with van der Waals surface area (Å²) in [4.78, 5) is 33.7. The number of nitrogens with zero attached hydrogens (tertiary/aromatic N) is 1. The standard InChI is InChI=1S/C28H35N3O3S2/c1-6-34-27(33)21-17-9-7-14(2)11-20(17)35-26(21)31-24(32)23-22(29)18-13-15-12-16(28(3,4)5)8-10-19(15)30-25(18)36-23/h13-14,16H,6-12,29H2,1-5H3,(H,31,32). The topological polar surface area (TPSA) is 94.3 Å². The second-order valence-electron chi connectivity index (χ2n) is 11.3. The molecule has 0 bridgehead atoms. The number of carbonyl (C=O) groups is 2. The quantitative estimate of drug-likeness (QED) is 0.372. The van der Waals surface area contributed by atoms with Crippen LogP contribution in [0.3, 0.4) is 0 Å². The average molecular weight is 526 g/mol. The molecule has 1 amide bonds. The van der Waals surface area contributed by atoms with Crippen molar-refractivity contribution in [3.05, 3.63) is 38.2 Å². The van der Waals surface area contributed by atoms with E-state index in [0.29, 0.717) is 39.6 Å². The van der Waals surface area contributed by atoms with E-state index in [9.17, 15) is 9.59 Å². The van der Waals surface area contributed by atoms with Gasteiger partial charge in [0.15, 0.2) is 0 Å². The number of nitrogens with two attached hydrogens (primary N) is 1. The fourth-order valence-corrected chi connectivity index (χ4v) is 7.90. The first-order valence-corrected chi connectivity index (χ1v) is 14.5. The molecule has 36 heavy (non-hydrogen) atoms. The number of nitrogen functional groups attached to an aromatic ring is 1. The van der Waals surface area contributed by atoms with Crippen molar-refractivity contribution in [1.29, 1.82) is 0 Å². The molecule has 192 valence electrons. The van der Waals surface area contributed by atoms with Gasteiger partial charge < -0.3 is 15.8 Å². The molecule has 0 fully saturated rings. The molecule has 6 nitrogen and oxygen atoms in total. The highest BCUT2D eigenvalue weighted by Crippen LogP contribution is 2.43. The highest BCUT2D eigenvalue weighted by molar-refractivity contribution is 7.21. The molecule has 3 N–H and O–H groups in total. The van der Waals surface area contributed by atoms with Gasteiger partial charge in [-0.25, -0.2) is 9.78 Å². The summed E-state index contributed by atoms with van der Waals surface area (Å²) < 4.78 is 5.35. The number of thiophene rings is 2. The summed E-state index contributed by atoms with van der Waals surface area (Å²) in [7, 11) is 0. The lowest BCUT2D eigenvalue weighted by atomic mass is 9.71. The molecule has 2 aliphatic carbocycles. The number of rotatable bonds is 4. The van der Waals surface area contributed by atoms with Crippen molar-refractivity contribution in [2.75, 3.05) is 17.7 Å². The summed E-state index contributed by atoms with van der Waals surface area (Å²) in [6.07, 6.45) is 5.83. The van der Waals surface area contributed by atoms with Gasteiger partial charge in [-0.2, -0.15) is 0 Å². The van der Waals surface area contributed by atoms with E-state index in [1.165, 1.54) is 33.1 Å². The second-order valence-corrected chi connectivity index (χ2v) is 13.4. The van der Waals surface area contributed by atoms with Crippen LogP contribution in [0.1, 0.15) is 89.2 Å². The lowest BCUT2D eigenvalue weighted by Gasteiger charge is -2.34. The number of hydrogen-bond donors (Lipinski definition) is 2. The van der Waals surface area contributed by atoms with Crippen LogP contribution in [0.2, 0.25) is 0 Å². The molecular weight excluding hydrogens is 490 g/mol. The Hall–Kier alpha value is -2.45. The smallest absolute Gasteiger partial charge is 0.341 e. The van der Waals surface area contributed by atoms with Gasteiger partial charge in [0, 0.05) is 16.0 Å². The highest BCUT2D eigenvalue weighted by Gasteiger charge is 2.32. The number of esters is 1. The first-order chi connectivity index (χ1) is 17.1. The van der Waals surface area contributed by atoms with Crippen LogP contribution < -0.4 is 11.1 Å². The van der Waals surface area contributed by atoms with Gasteiger partial charge >= 0.3 is 5.97 Å². The number of anilines is 2. The van der Waals surface area contributed by atoms with Crippen molar-refractivity contribution < 1.29 is 14.3 Å². The SMILES string of the molecule is CCOC(=O)c1c(NC(=O)c2sc3nc4c(cc3c2N)CC(C(C)(C)C)CC4)sc2c1CCC(C)C2. The Morgan fingerprint density at radius 3 is 2.69 bits per heavy atom. The number of nitrogens with one attached hydrogen (secondary N) is 1. The molecule has 0 aromatic carbocycles. The predicted octanol–water partition coefficient (Wildman–Crippen LogP) is 6.64. The van der Waals surface area contributed by atoms with E-state index < -0.39 is 0 Å². The van der Waals surface area contributed by atoms with Crippen LogP contribution in [-0.2, 0) is 30.4 Å². The molecule has 0 radical (unpaired) electrons. The minimum atomic E-state index is -0.369. The number of aryl methyl sites for hydroxylation is 1. The fraction of sp³-hybridized carbons (Fsp3) is 0.536. The van der Waals surface area contributed by atoms with E-state index in [4.69, 9.17) is 15.5 Å². The lowest BCUT2D eigenvalue weighted by Crippen LogP contribution is -2.27. The number of carbonyl (C=O) groups excluding carboxylic acids is 2. The number of fused-ring (bicyclic) bond motifs is 3. The Morgan fingerprint density at radius 1 is 1.19 bits per heavy atom. The molecule has 2 unspecified atom stereocenters.